The minimum atomic E-state index is -2.86. The van der Waals surface area contributed by atoms with E-state index in [2.05, 4.69) is 60.0 Å². The third kappa shape index (κ3) is 4.97. The van der Waals surface area contributed by atoms with Crippen LogP contribution < -0.4 is 16.1 Å². The Morgan fingerprint density at radius 2 is 1.64 bits per heavy atom. The molecule has 1 aliphatic rings. The second-order valence-electron chi connectivity index (χ2n) is 10.7. The molecule has 4 N–H and O–H groups in total. The fraction of sp³-hybridized carbons (Fsp3) is 0.393. The number of nitrogens with zero attached hydrogens (tertiary/aromatic N) is 4. The minimum absolute atomic E-state index is 0.0353. The molecule has 39 heavy (non-hydrogen) atoms. The van der Waals surface area contributed by atoms with Crippen LogP contribution in [0.15, 0.2) is 73.3 Å². The van der Waals surface area contributed by atoms with Gasteiger partial charge in [-0.15, -0.1) is 0 Å². The van der Waals surface area contributed by atoms with Gasteiger partial charge in [0.2, 0.25) is 0 Å². The van der Waals surface area contributed by atoms with E-state index in [0.29, 0.717) is 11.2 Å². The highest BCUT2D eigenvalue weighted by molar-refractivity contribution is 6.99. The van der Waals surface area contributed by atoms with Gasteiger partial charge < -0.3 is 29.8 Å². The number of nitrogens with two attached hydrogens (primary N) is 1. The lowest BCUT2D eigenvalue weighted by atomic mass is 10.1. The smallest absolute Gasteiger partial charge is 0.261 e. The summed E-state index contributed by atoms with van der Waals surface area (Å²) in [4.78, 5) is 12.7. The van der Waals surface area contributed by atoms with E-state index in [9.17, 15) is 10.2 Å². The Balaban J connectivity index is 1.50. The van der Waals surface area contributed by atoms with Gasteiger partial charge in [0, 0.05) is 0 Å². The molecule has 0 spiro atoms. The summed E-state index contributed by atoms with van der Waals surface area (Å²) in [5.74, 6) is 0.247. The molecule has 4 atom stereocenters. The molecule has 0 aliphatic carbocycles. The molecule has 4 aromatic rings. The Kier molecular flexibility index (Phi) is 7.81. The Labute approximate surface area is 228 Å². The Morgan fingerprint density at radius 1 is 1.00 bits per heavy atom. The summed E-state index contributed by atoms with van der Waals surface area (Å²) in [5, 5.41) is 22.9. The van der Waals surface area contributed by atoms with Crippen molar-refractivity contribution in [3.05, 3.63) is 73.3 Å². The zero-order chi connectivity index (χ0) is 27.6. The predicted molar refractivity (Wildman–Crippen MR) is 150 cm³/mol. The lowest BCUT2D eigenvalue weighted by molar-refractivity contribution is -0.0756. The predicted octanol–water partition coefficient (Wildman–Crippen LogP) is 1.62. The topological polar surface area (TPSA) is 138 Å². The van der Waals surface area contributed by atoms with Gasteiger partial charge in [-0.2, -0.15) is 0 Å². The number of aliphatic hydroxyl groups is 2. The van der Waals surface area contributed by atoms with Crippen LogP contribution in [0.3, 0.4) is 0 Å². The van der Waals surface area contributed by atoms with Crippen molar-refractivity contribution in [2.24, 2.45) is 0 Å². The quantitative estimate of drug-likeness (QED) is 0.266. The summed E-state index contributed by atoms with van der Waals surface area (Å²) in [6.45, 7) is 6.56. The van der Waals surface area contributed by atoms with E-state index in [0.717, 1.165) is 10.4 Å². The standard InChI is InChI=1S/C28H35N5O5Si/c1-28(2,3)39(19-10-6-4-7-11-19,20-12-8-5-9-13-20)37-16-21-23(35)24(36-15-14-34)27(38-21)33-18-32-22-25(29)30-17-31-26(22)33/h4-13,17-18,21,23-24,27,34-35H,14-16H2,1-3H3,(H2,29,30,31)/t21-,23-,24-,27-/m1/s1. The van der Waals surface area contributed by atoms with Crippen LogP contribution in [0, 0.1) is 0 Å². The number of imidazole rings is 1. The highest BCUT2D eigenvalue weighted by Gasteiger charge is 2.52. The van der Waals surface area contributed by atoms with E-state index in [1.165, 1.54) is 6.33 Å². The minimum Gasteiger partial charge on any atom is -0.405 e. The molecule has 1 saturated heterocycles. The molecule has 0 amide bonds. The van der Waals surface area contributed by atoms with Crippen molar-refractivity contribution >= 4 is 35.7 Å². The summed E-state index contributed by atoms with van der Waals surface area (Å²) in [6.07, 6.45) is -0.396. The zero-order valence-electron chi connectivity index (χ0n) is 22.3. The van der Waals surface area contributed by atoms with Gasteiger partial charge in [0.15, 0.2) is 17.7 Å². The van der Waals surface area contributed by atoms with Gasteiger partial charge in [0.25, 0.3) is 8.32 Å². The van der Waals surface area contributed by atoms with Crippen LogP contribution in [0.5, 0.6) is 0 Å². The maximum Gasteiger partial charge on any atom is 0.261 e. The SMILES string of the molecule is CC(C)(C)[Si](OC[C@H]1O[C@@H](n2cnc3c(N)ncnc32)[C@H](OCCO)[C@@H]1O)(c1ccccc1)c1ccccc1. The van der Waals surface area contributed by atoms with Crippen LogP contribution in [0.25, 0.3) is 11.2 Å². The van der Waals surface area contributed by atoms with Crippen LogP contribution in [-0.2, 0) is 13.9 Å². The average molecular weight is 550 g/mol. The van der Waals surface area contributed by atoms with Gasteiger partial charge in [-0.05, 0) is 15.4 Å². The molecular weight excluding hydrogens is 514 g/mol. The molecule has 10 nitrogen and oxygen atoms in total. The lowest BCUT2D eigenvalue weighted by Gasteiger charge is -2.43. The van der Waals surface area contributed by atoms with Gasteiger partial charge in [0.1, 0.15) is 30.2 Å². The first-order valence-corrected chi connectivity index (χ1v) is 14.9. The number of nitrogen functional groups attached to an aromatic ring is 1. The van der Waals surface area contributed by atoms with Crippen LogP contribution in [-0.4, -0.2) is 76.2 Å². The van der Waals surface area contributed by atoms with Gasteiger partial charge in [-0.1, -0.05) is 81.4 Å². The summed E-state index contributed by atoms with van der Waals surface area (Å²) in [6, 6.07) is 20.6. The maximum atomic E-state index is 11.4. The molecule has 2 aromatic carbocycles. The van der Waals surface area contributed by atoms with E-state index < -0.39 is 32.9 Å². The number of hydrogen-bond acceptors (Lipinski definition) is 9. The fourth-order valence-electron chi connectivity index (χ4n) is 5.47. The maximum absolute atomic E-state index is 11.4. The van der Waals surface area contributed by atoms with Crippen molar-refractivity contribution in [3.63, 3.8) is 0 Å². The first-order chi connectivity index (χ1) is 18.8. The summed E-state index contributed by atoms with van der Waals surface area (Å²) in [5.41, 5.74) is 6.89. The number of ether oxygens (including phenoxy) is 2. The normalized spacial score (nSPS) is 22.0. The third-order valence-electron chi connectivity index (χ3n) is 7.26. The van der Waals surface area contributed by atoms with Crippen molar-refractivity contribution in [3.8, 4) is 0 Å². The van der Waals surface area contributed by atoms with E-state index in [4.69, 9.17) is 19.6 Å². The Hall–Kier alpha value is -3.19. The van der Waals surface area contributed by atoms with Gasteiger partial charge >= 0.3 is 0 Å². The number of rotatable bonds is 9. The molecule has 1 aliphatic heterocycles. The number of aliphatic hydroxyl groups excluding tert-OH is 2. The molecule has 3 heterocycles. The van der Waals surface area contributed by atoms with Gasteiger partial charge in [-0.25, -0.2) is 15.0 Å². The van der Waals surface area contributed by atoms with Crippen molar-refractivity contribution < 1.29 is 24.1 Å². The fourth-order valence-corrected chi connectivity index (χ4v) is 10.0. The zero-order valence-corrected chi connectivity index (χ0v) is 23.3. The second kappa shape index (κ2) is 11.1. The van der Waals surface area contributed by atoms with E-state index in [1.807, 2.05) is 36.4 Å². The van der Waals surface area contributed by atoms with Crippen LogP contribution in [0.4, 0.5) is 5.82 Å². The summed E-state index contributed by atoms with van der Waals surface area (Å²) >= 11 is 0. The number of hydrogen-bond donors (Lipinski definition) is 3. The van der Waals surface area contributed by atoms with E-state index >= 15 is 0 Å². The van der Waals surface area contributed by atoms with Crippen LogP contribution >= 0.6 is 0 Å². The van der Waals surface area contributed by atoms with Crippen molar-refractivity contribution in [1.82, 2.24) is 19.5 Å². The van der Waals surface area contributed by atoms with Gasteiger partial charge in [-0.3, -0.25) is 4.57 Å². The third-order valence-corrected chi connectivity index (χ3v) is 12.3. The molecule has 5 rings (SSSR count). The first-order valence-electron chi connectivity index (χ1n) is 13.0. The van der Waals surface area contributed by atoms with Crippen molar-refractivity contribution in [2.75, 3.05) is 25.6 Å². The first kappa shape index (κ1) is 27.4. The van der Waals surface area contributed by atoms with E-state index in [-0.39, 0.29) is 30.7 Å². The van der Waals surface area contributed by atoms with Crippen LogP contribution in [0.1, 0.15) is 27.0 Å². The molecule has 11 heteroatoms. The summed E-state index contributed by atoms with van der Waals surface area (Å²) < 4.78 is 21.0. The summed E-state index contributed by atoms with van der Waals surface area (Å²) in [7, 11) is -2.86. The van der Waals surface area contributed by atoms with Gasteiger partial charge in [0.05, 0.1) is 26.1 Å². The second-order valence-corrected chi connectivity index (χ2v) is 15.0. The Morgan fingerprint density at radius 3 is 2.23 bits per heavy atom. The lowest BCUT2D eigenvalue weighted by Crippen LogP contribution is -2.67. The molecular formula is C28H35N5O5Si. The Bertz CT molecular complexity index is 1340. The molecule has 0 saturated carbocycles. The average Bonchev–Trinajstić information content (AvgIpc) is 3.50. The molecule has 1 fully saturated rings. The number of aromatic nitrogens is 4. The van der Waals surface area contributed by atoms with Crippen molar-refractivity contribution in [1.29, 1.82) is 0 Å². The molecule has 2 aromatic heterocycles. The molecule has 0 unspecified atom stereocenters. The highest BCUT2D eigenvalue weighted by Crippen LogP contribution is 2.39. The molecule has 0 radical (unpaired) electrons. The molecule has 206 valence electrons. The monoisotopic (exact) mass is 549 g/mol. The molecule has 0 bridgehead atoms. The number of fused-ring (bicyclic) bond motifs is 1. The largest absolute Gasteiger partial charge is 0.405 e. The number of benzene rings is 2. The van der Waals surface area contributed by atoms with Crippen LogP contribution in [0.2, 0.25) is 5.04 Å². The van der Waals surface area contributed by atoms with E-state index in [1.54, 1.807) is 10.9 Å². The van der Waals surface area contributed by atoms with Crippen molar-refractivity contribution in [2.45, 2.75) is 50.3 Å². The highest BCUT2D eigenvalue weighted by atomic mass is 28.4. The number of anilines is 1.